The van der Waals surface area contributed by atoms with Crippen LogP contribution in [0.15, 0.2) is 89.8 Å². The third-order valence-electron chi connectivity index (χ3n) is 6.61. The summed E-state index contributed by atoms with van der Waals surface area (Å²) >= 11 is 0. The number of sulfonamides is 1. The van der Waals surface area contributed by atoms with Gasteiger partial charge in [-0.15, -0.1) is 0 Å². The van der Waals surface area contributed by atoms with E-state index in [9.17, 15) is 28.1 Å². The monoisotopic (exact) mass is 566 g/mol. The van der Waals surface area contributed by atoms with Gasteiger partial charge in [-0.05, 0) is 56.5 Å². The Kier molecular flexibility index (Phi) is 10.4. The van der Waals surface area contributed by atoms with Gasteiger partial charge < -0.3 is 10.2 Å². The van der Waals surface area contributed by atoms with Crippen LogP contribution in [0.5, 0.6) is 0 Å². The van der Waals surface area contributed by atoms with Gasteiger partial charge in [-0.2, -0.15) is 0 Å². The number of hydrogen-bond donors (Lipinski definition) is 1. The van der Waals surface area contributed by atoms with E-state index in [1.54, 1.807) is 25.1 Å². The quantitative estimate of drug-likeness (QED) is 0.244. The molecule has 2 amide bonds. The third kappa shape index (κ3) is 7.66. The Balaban J connectivity index is 1.98. The fraction of sp³-hybridized carbons (Fsp3) is 0.310. The van der Waals surface area contributed by atoms with E-state index in [-0.39, 0.29) is 34.8 Å². The number of carbonyl (C=O) groups is 2. The number of amides is 2. The number of carbonyl (C=O) groups excluding carboxylic acids is 2. The molecular weight excluding hydrogens is 532 g/mol. The van der Waals surface area contributed by atoms with Crippen LogP contribution in [-0.2, 0) is 26.0 Å². The molecule has 0 aliphatic heterocycles. The Morgan fingerprint density at radius 3 is 2.05 bits per heavy atom. The normalized spacial score (nSPS) is 12.7. The lowest BCUT2D eigenvalue weighted by Gasteiger charge is -2.32. The van der Waals surface area contributed by atoms with Crippen molar-refractivity contribution >= 4 is 33.2 Å². The first-order valence-electron chi connectivity index (χ1n) is 13.0. The maximum absolute atomic E-state index is 13.8. The number of non-ortho nitro benzene ring substituents is 1. The highest BCUT2D eigenvalue weighted by molar-refractivity contribution is 7.92. The second-order valence-electron chi connectivity index (χ2n) is 9.41. The molecule has 0 spiro atoms. The first-order valence-corrected chi connectivity index (χ1v) is 14.4. The lowest BCUT2D eigenvalue weighted by Crippen LogP contribution is -2.53. The van der Waals surface area contributed by atoms with E-state index < -0.39 is 33.4 Å². The molecule has 212 valence electrons. The number of rotatable bonds is 13. The molecule has 0 aliphatic carbocycles. The molecule has 3 aromatic rings. The highest BCUT2D eigenvalue weighted by Gasteiger charge is 2.32. The SMILES string of the molecule is CCC(C)NC(=O)C(C)N(CCc1ccccc1)C(=O)CN(c1ccc([N+](=O)[O-])cc1)S(=O)(=O)c1ccccc1. The topological polar surface area (TPSA) is 130 Å². The first-order chi connectivity index (χ1) is 19.0. The predicted molar refractivity (Wildman–Crippen MR) is 153 cm³/mol. The van der Waals surface area contributed by atoms with E-state index in [2.05, 4.69) is 5.32 Å². The fourth-order valence-corrected chi connectivity index (χ4v) is 5.46. The Morgan fingerprint density at radius 1 is 0.925 bits per heavy atom. The Bertz CT molecular complexity index is 1400. The number of anilines is 1. The molecule has 2 unspecified atom stereocenters. The summed E-state index contributed by atoms with van der Waals surface area (Å²) in [6, 6.07) is 21.1. The standard InChI is InChI=1S/C29H34N4O6S/c1-4-22(2)30-29(35)23(3)31(20-19-24-11-7-5-8-12-24)28(34)21-32(25-15-17-26(18-16-25)33(36)37)40(38,39)27-13-9-6-10-14-27/h5-18,22-23H,4,19-21H2,1-3H3,(H,30,35). The average molecular weight is 567 g/mol. The van der Waals surface area contributed by atoms with Crippen LogP contribution in [0, 0.1) is 10.1 Å². The molecule has 40 heavy (non-hydrogen) atoms. The molecule has 1 N–H and O–H groups in total. The van der Waals surface area contributed by atoms with Crippen molar-refractivity contribution in [3.05, 3.63) is 101 Å². The van der Waals surface area contributed by atoms with E-state index in [1.807, 2.05) is 44.2 Å². The summed E-state index contributed by atoms with van der Waals surface area (Å²) in [5.41, 5.74) is 0.827. The maximum Gasteiger partial charge on any atom is 0.269 e. The third-order valence-corrected chi connectivity index (χ3v) is 8.40. The summed E-state index contributed by atoms with van der Waals surface area (Å²) in [7, 11) is -4.24. The molecule has 0 heterocycles. The van der Waals surface area contributed by atoms with Crippen molar-refractivity contribution in [2.45, 2.75) is 50.6 Å². The maximum atomic E-state index is 13.8. The number of nitrogens with zero attached hydrogens (tertiary/aromatic N) is 3. The summed E-state index contributed by atoms with van der Waals surface area (Å²) in [6.45, 7) is 4.98. The van der Waals surface area contributed by atoms with Crippen molar-refractivity contribution in [2.24, 2.45) is 0 Å². The average Bonchev–Trinajstić information content (AvgIpc) is 2.96. The lowest BCUT2D eigenvalue weighted by molar-refractivity contribution is -0.384. The van der Waals surface area contributed by atoms with Gasteiger partial charge in [-0.25, -0.2) is 8.42 Å². The van der Waals surface area contributed by atoms with Gasteiger partial charge in [0, 0.05) is 24.7 Å². The molecule has 0 saturated heterocycles. The molecule has 0 aromatic heterocycles. The minimum atomic E-state index is -4.24. The summed E-state index contributed by atoms with van der Waals surface area (Å²) in [5, 5.41) is 14.1. The Labute approximate surface area is 234 Å². The summed E-state index contributed by atoms with van der Waals surface area (Å²) in [6.07, 6.45) is 1.16. The molecule has 3 rings (SSSR count). The van der Waals surface area contributed by atoms with Crippen molar-refractivity contribution in [1.82, 2.24) is 10.2 Å². The van der Waals surface area contributed by atoms with Crippen LogP contribution >= 0.6 is 0 Å². The minimum absolute atomic E-state index is 0.0421. The van der Waals surface area contributed by atoms with Crippen LogP contribution in [-0.4, -0.2) is 55.2 Å². The van der Waals surface area contributed by atoms with Crippen LogP contribution < -0.4 is 9.62 Å². The van der Waals surface area contributed by atoms with Gasteiger partial charge in [0.25, 0.3) is 15.7 Å². The van der Waals surface area contributed by atoms with Crippen molar-refractivity contribution in [3.63, 3.8) is 0 Å². The number of nitro benzene ring substituents is 1. The molecule has 0 bridgehead atoms. The molecule has 10 nitrogen and oxygen atoms in total. The smallest absolute Gasteiger partial charge is 0.269 e. The second-order valence-corrected chi connectivity index (χ2v) is 11.3. The van der Waals surface area contributed by atoms with Gasteiger partial charge in [-0.1, -0.05) is 55.5 Å². The Hall–Kier alpha value is -4.25. The van der Waals surface area contributed by atoms with E-state index in [0.717, 1.165) is 9.87 Å². The molecule has 0 fully saturated rings. The van der Waals surface area contributed by atoms with Gasteiger partial charge in [0.2, 0.25) is 11.8 Å². The first kappa shape index (κ1) is 30.3. The highest BCUT2D eigenvalue weighted by atomic mass is 32.2. The van der Waals surface area contributed by atoms with Crippen LogP contribution in [0.1, 0.15) is 32.8 Å². The van der Waals surface area contributed by atoms with Gasteiger partial charge in [-0.3, -0.25) is 24.0 Å². The number of hydrogen-bond acceptors (Lipinski definition) is 6. The number of nitro groups is 1. The van der Waals surface area contributed by atoms with Gasteiger partial charge >= 0.3 is 0 Å². The van der Waals surface area contributed by atoms with Crippen LogP contribution in [0.25, 0.3) is 0 Å². The van der Waals surface area contributed by atoms with Crippen molar-refractivity contribution in [3.8, 4) is 0 Å². The number of benzene rings is 3. The zero-order chi connectivity index (χ0) is 29.3. The molecule has 0 saturated carbocycles. The molecule has 0 aliphatic rings. The summed E-state index contributed by atoms with van der Waals surface area (Å²) in [5.74, 6) is -0.927. The minimum Gasteiger partial charge on any atom is -0.352 e. The lowest BCUT2D eigenvalue weighted by atomic mass is 10.1. The molecule has 11 heteroatoms. The number of nitrogens with one attached hydrogen (secondary N) is 1. The highest BCUT2D eigenvalue weighted by Crippen LogP contribution is 2.26. The van der Waals surface area contributed by atoms with E-state index in [0.29, 0.717) is 12.8 Å². The van der Waals surface area contributed by atoms with Crippen molar-refractivity contribution in [1.29, 1.82) is 0 Å². The molecular formula is C29H34N4O6S. The zero-order valence-electron chi connectivity index (χ0n) is 22.8. The van der Waals surface area contributed by atoms with Crippen molar-refractivity contribution < 1.29 is 22.9 Å². The molecule has 0 radical (unpaired) electrons. The van der Waals surface area contributed by atoms with E-state index in [1.165, 1.54) is 41.3 Å². The predicted octanol–water partition coefficient (Wildman–Crippen LogP) is 4.16. The van der Waals surface area contributed by atoms with Gasteiger partial charge in [0.1, 0.15) is 12.6 Å². The van der Waals surface area contributed by atoms with Crippen LogP contribution in [0.4, 0.5) is 11.4 Å². The van der Waals surface area contributed by atoms with Gasteiger partial charge in [0.15, 0.2) is 0 Å². The van der Waals surface area contributed by atoms with Gasteiger partial charge in [0.05, 0.1) is 15.5 Å². The Morgan fingerprint density at radius 2 is 1.50 bits per heavy atom. The van der Waals surface area contributed by atoms with Crippen LogP contribution in [0.2, 0.25) is 0 Å². The van der Waals surface area contributed by atoms with E-state index >= 15 is 0 Å². The zero-order valence-corrected chi connectivity index (χ0v) is 23.6. The van der Waals surface area contributed by atoms with Crippen LogP contribution in [0.3, 0.4) is 0 Å². The fourth-order valence-electron chi connectivity index (χ4n) is 4.02. The summed E-state index contributed by atoms with van der Waals surface area (Å²) < 4.78 is 28.4. The van der Waals surface area contributed by atoms with Crippen molar-refractivity contribution in [2.75, 3.05) is 17.4 Å². The molecule has 2 atom stereocenters. The summed E-state index contributed by atoms with van der Waals surface area (Å²) in [4.78, 5) is 38.8. The molecule has 3 aromatic carbocycles. The second kappa shape index (κ2) is 13.7. The largest absolute Gasteiger partial charge is 0.352 e. The van der Waals surface area contributed by atoms with E-state index in [4.69, 9.17) is 0 Å².